The van der Waals surface area contributed by atoms with Crippen molar-refractivity contribution in [1.82, 2.24) is 0 Å². The van der Waals surface area contributed by atoms with Gasteiger partial charge in [0.25, 0.3) is 0 Å². The van der Waals surface area contributed by atoms with E-state index in [-0.39, 0.29) is 17.1 Å². The molecule has 0 aliphatic rings. The van der Waals surface area contributed by atoms with Crippen molar-refractivity contribution < 1.29 is 18.7 Å². The number of hydrogen-bond donors (Lipinski definition) is 1. The maximum Gasteiger partial charge on any atom is 0.341 e. The lowest BCUT2D eigenvalue weighted by Gasteiger charge is -2.22. The Labute approximate surface area is 161 Å². The summed E-state index contributed by atoms with van der Waals surface area (Å²) in [4.78, 5) is 12.1. The van der Waals surface area contributed by atoms with Crippen LogP contribution >= 0.6 is 11.6 Å². The fraction of sp³-hybridized carbons (Fsp3) is 0.0952. The van der Waals surface area contributed by atoms with Gasteiger partial charge < -0.3 is 15.2 Å². The molecule has 3 aromatic rings. The number of benzene rings is 3. The van der Waals surface area contributed by atoms with Crippen molar-refractivity contribution in [1.29, 1.82) is 0 Å². The Bertz CT molecular complexity index is 960. The first kappa shape index (κ1) is 18.7. The number of hydrogen-bond acceptors (Lipinski definition) is 4. The third-order valence-electron chi connectivity index (χ3n) is 3.98. The van der Waals surface area contributed by atoms with Crippen LogP contribution in [0.4, 0.5) is 10.1 Å². The molecule has 0 aromatic heterocycles. The lowest BCUT2D eigenvalue weighted by atomic mass is 10.0. The lowest BCUT2D eigenvalue weighted by Crippen LogP contribution is -2.13. The van der Waals surface area contributed by atoms with Crippen molar-refractivity contribution >= 4 is 23.3 Å². The summed E-state index contributed by atoms with van der Waals surface area (Å²) in [7, 11) is 1.28. The number of carbonyl (C=O) groups is 1. The van der Waals surface area contributed by atoms with Crippen molar-refractivity contribution in [3.8, 4) is 5.75 Å². The molecule has 0 amide bonds. The van der Waals surface area contributed by atoms with E-state index in [2.05, 4.69) is 0 Å². The van der Waals surface area contributed by atoms with Gasteiger partial charge in [-0.05, 0) is 53.6 Å². The first-order chi connectivity index (χ1) is 13.0. The van der Waals surface area contributed by atoms with Crippen LogP contribution in [0.15, 0.2) is 66.7 Å². The van der Waals surface area contributed by atoms with Crippen molar-refractivity contribution in [3.05, 3.63) is 94.3 Å². The van der Waals surface area contributed by atoms with Crippen LogP contribution in [0.2, 0.25) is 5.02 Å². The highest BCUT2D eigenvalue weighted by molar-refractivity contribution is 6.30. The summed E-state index contributed by atoms with van der Waals surface area (Å²) in [5, 5.41) is 0.569. The smallest absolute Gasteiger partial charge is 0.341 e. The molecule has 27 heavy (non-hydrogen) atoms. The van der Waals surface area contributed by atoms with E-state index in [1.165, 1.54) is 25.3 Å². The first-order valence-electron chi connectivity index (χ1n) is 8.13. The van der Waals surface area contributed by atoms with Crippen LogP contribution in [0, 0.1) is 5.82 Å². The van der Waals surface area contributed by atoms with Crippen LogP contribution < -0.4 is 10.5 Å². The van der Waals surface area contributed by atoms with E-state index in [0.29, 0.717) is 16.3 Å². The summed E-state index contributed by atoms with van der Waals surface area (Å²) in [6, 6.07) is 17.8. The molecule has 0 saturated heterocycles. The highest BCUT2D eigenvalue weighted by Crippen LogP contribution is 2.32. The van der Waals surface area contributed by atoms with E-state index in [1.807, 2.05) is 0 Å². The summed E-state index contributed by atoms with van der Waals surface area (Å²) in [5.41, 5.74) is 7.71. The predicted molar refractivity (Wildman–Crippen MR) is 103 cm³/mol. The van der Waals surface area contributed by atoms with Crippen LogP contribution in [0.3, 0.4) is 0 Å². The monoisotopic (exact) mass is 385 g/mol. The van der Waals surface area contributed by atoms with Crippen molar-refractivity contribution in [2.75, 3.05) is 12.8 Å². The number of nitrogens with two attached hydrogens (primary N) is 1. The molecule has 6 heteroatoms. The Morgan fingerprint density at radius 3 is 2.44 bits per heavy atom. The van der Waals surface area contributed by atoms with Crippen LogP contribution in [-0.4, -0.2) is 13.1 Å². The van der Waals surface area contributed by atoms with Gasteiger partial charge in [-0.1, -0.05) is 35.9 Å². The molecule has 0 aliphatic carbocycles. The van der Waals surface area contributed by atoms with Gasteiger partial charge in [-0.15, -0.1) is 0 Å². The Morgan fingerprint density at radius 1 is 1.04 bits per heavy atom. The van der Waals surface area contributed by atoms with Crippen LogP contribution in [0.1, 0.15) is 27.6 Å². The zero-order valence-corrected chi connectivity index (χ0v) is 15.2. The average molecular weight is 386 g/mol. The summed E-state index contributed by atoms with van der Waals surface area (Å²) in [5.74, 6) is -0.688. The van der Waals surface area contributed by atoms with E-state index in [9.17, 15) is 9.18 Å². The molecular weight excluding hydrogens is 369 g/mol. The molecule has 0 aliphatic heterocycles. The van der Waals surface area contributed by atoms with Gasteiger partial charge >= 0.3 is 5.97 Å². The molecule has 0 bridgehead atoms. The Morgan fingerprint density at radius 2 is 1.78 bits per heavy atom. The standard InChI is InChI=1S/C21H17ClFNO3/c1-26-21(25)18-12-17(24)9-10-19(18)27-20(13-5-7-15(22)8-6-13)14-3-2-4-16(23)11-14/h2-12,20H,24H2,1H3. The fourth-order valence-electron chi connectivity index (χ4n) is 2.68. The van der Waals surface area contributed by atoms with Crippen LogP contribution in [0.5, 0.6) is 5.75 Å². The second kappa shape index (κ2) is 8.10. The van der Waals surface area contributed by atoms with Gasteiger partial charge in [-0.25, -0.2) is 9.18 Å². The molecule has 1 unspecified atom stereocenters. The van der Waals surface area contributed by atoms with E-state index in [1.54, 1.807) is 48.5 Å². The Kier molecular flexibility index (Phi) is 5.62. The number of methoxy groups -OCH3 is 1. The van der Waals surface area contributed by atoms with Crippen LogP contribution in [0.25, 0.3) is 0 Å². The second-order valence-electron chi connectivity index (χ2n) is 5.85. The second-order valence-corrected chi connectivity index (χ2v) is 6.29. The van der Waals surface area contributed by atoms with E-state index in [0.717, 1.165) is 5.56 Å². The van der Waals surface area contributed by atoms with Crippen molar-refractivity contribution in [2.45, 2.75) is 6.10 Å². The molecule has 138 valence electrons. The third kappa shape index (κ3) is 4.38. The normalized spacial score (nSPS) is 11.7. The highest BCUT2D eigenvalue weighted by atomic mass is 35.5. The minimum atomic E-state index is -0.662. The van der Waals surface area contributed by atoms with Gasteiger partial charge in [0.05, 0.1) is 7.11 Å². The maximum atomic E-state index is 13.8. The minimum Gasteiger partial charge on any atom is -0.480 e. The topological polar surface area (TPSA) is 61.5 Å². The molecule has 2 N–H and O–H groups in total. The van der Waals surface area contributed by atoms with E-state index >= 15 is 0 Å². The third-order valence-corrected chi connectivity index (χ3v) is 4.23. The molecule has 3 rings (SSSR count). The molecule has 4 nitrogen and oxygen atoms in total. The summed E-state index contributed by atoms with van der Waals surface area (Å²) in [6.07, 6.45) is -0.662. The number of ether oxygens (including phenoxy) is 2. The minimum absolute atomic E-state index is 0.188. The summed E-state index contributed by atoms with van der Waals surface area (Å²) in [6.45, 7) is 0. The number of esters is 1. The van der Waals surface area contributed by atoms with Gasteiger partial charge in [-0.2, -0.15) is 0 Å². The molecule has 0 heterocycles. The molecule has 0 fully saturated rings. The maximum absolute atomic E-state index is 13.8. The van der Waals surface area contributed by atoms with Gasteiger partial charge in [0.15, 0.2) is 0 Å². The fourth-order valence-corrected chi connectivity index (χ4v) is 2.81. The molecular formula is C21H17ClFNO3. The lowest BCUT2D eigenvalue weighted by molar-refractivity contribution is 0.0594. The van der Waals surface area contributed by atoms with E-state index in [4.69, 9.17) is 26.8 Å². The summed E-state index contributed by atoms with van der Waals surface area (Å²) >= 11 is 5.97. The zero-order valence-electron chi connectivity index (χ0n) is 14.5. The highest BCUT2D eigenvalue weighted by Gasteiger charge is 2.21. The van der Waals surface area contributed by atoms with Gasteiger partial charge in [-0.3, -0.25) is 0 Å². The van der Waals surface area contributed by atoms with Crippen molar-refractivity contribution in [2.24, 2.45) is 0 Å². The molecule has 0 spiro atoms. The zero-order chi connectivity index (χ0) is 19.4. The van der Waals surface area contributed by atoms with Gasteiger partial charge in [0.1, 0.15) is 23.2 Å². The molecule has 0 saturated carbocycles. The Balaban J connectivity index is 2.07. The van der Waals surface area contributed by atoms with Gasteiger partial charge in [0, 0.05) is 10.7 Å². The predicted octanol–water partition coefficient (Wildman–Crippen LogP) is 5.02. The number of halogens is 2. The number of carbonyl (C=O) groups excluding carboxylic acids is 1. The Hall–Kier alpha value is -3.05. The number of rotatable bonds is 5. The largest absolute Gasteiger partial charge is 0.480 e. The van der Waals surface area contributed by atoms with E-state index < -0.39 is 12.1 Å². The van der Waals surface area contributed by atoms with Crippen LogP contribution in [-0.2, 0) is 4.74 Å². The molecule has 0 radical (unpaired) electrons. The van der Waals surface area contributed by atoms with Gasteiger partial charge in [0.2, 0.25) is 0 Å². The number of anilines is 1. The average Bonchev–Trinajstić information content (AvgIpc) is 2.67. The molecule has 1 atom stereocenters. The quantitative estimate of drug-likeness (QED) is 0.495. The first-order valence-corrected chi connectivity index (χ1v) is 8.51. The van der Waals surface area contributed by atoms with Crippen molar-refractivity contribution in [3.63, 3.8) is 0 Å². The molecule has 3 aromatic carbocycles. The number of nitrogen functional groups attached to an aromatic ring is 1. The SMILES string of the molecule is COC(=O)c1cc(N)ccc1OC(c1ccc(Cl)cc1)c1cccc(F)c1. The summed E-state index contributed by atoms with van der Waals surface area (Å²) < 4.78 is 24.7.